The van der Waals surface area contributed by atoms with E-state index in [0.717, 1.165) is 17.1 Å². The zero-order chi connectivity index (χ0) is 14.9. The quantitative estimate of drug-likeness (QED) is 0.586. The van der Waals surface area contributed by atoms with E-state index in [1.165, 1.54) is 50.5 Å². The summed E-state index contributed by atoms with van der Waals surface area (Å²) in [7, 11) is 0. The van der Waals surface area contributed by atoms with E-state index in [1.807, 2.05) is 0 Å². The van der Waals surface area contributed by atoms with Gasteiger partial charge in [-0.05, 0) is 60.6 Å². The van der Waals surface area contributed by atoms with Gasteiger partial charge in [0.2, 0.25) is 11.2 Å². The van der Waals surface area contributed by atoms with Gasteiger partial charge in [-0.1, -0.05) is 46.1 Å². The zero-order valence-electron chi connectivity index (χ0n) is 13.7. The first-order chi connectivity index (χ1) is 10.1. The van der Waals surface area contributed by atoms with Crippen LogP contribution in [-0.2, 0) is 0 Å². The van der Waals surface area contributed by atoms with Crippen LogP contribution >= 0.6 is 0 Å². The lowest BCUT2D eigenvalue weighted by molar-refractivity contribution is 0.0587. The van der Waals surface area contributed by atoms with E-state index >= 15 is 0 Å². The van der Waals surface area contributed by atoms with Gasteiger partial charge in [0, 0.05) is 0 Å². The number of rotatable bonds is 5. The molecule has 1 fully saturated rings. The average Bonchev–Trinajstić information content (AvgIpc) is 2.47. The maximum absolute atomic E-state index is 5.04. The highest BCUT2D eigenvalue weighted by Gasteiger charge is 2.26. The summed E-state index contributed by atoms with van der Waals surface area (Å²) in [6.45, 7) is 7.12. The highest BCUT2D eigenvalue weighted by molar-refractivity contribution is 5.71. The van der Waals surface area contributed by atoms with Gasteiger partial charge in [-0.3, -0.25) is 9.15 Å². The molecule has 1 aliphatic rings. The van der Waals surface area contributed by atoms with Crippen molar-refractivity contribution in [1.29, 1.82) is 0 Å². The van der Waals surface area contributed by atoms with Crippen molar-refractivity contribution in [2.45, 2.75) is 71.6 Å². The maximum Gasteiger partial charge on any atom is 0.225 e. The lowest BCUT2D eigenvalue weighted by atomic mass is 9.73. The molecule has 2 heteroatoms. The monoisotopic (exact) mass is 288 g/mol. The van der Waals surface area contributed by atoms with Crippen LogP contribution < -0.4 is 0 Å². The van der Waals surface area contributed by atoms with Crippen molar-refractivity contribution in [2.24, 2.45) is 11.3 Å². The van der Waals surface area contributed by atoms with E-state index in [2.05, 4.69) is 39.0 Å². The third-order valence-electron chi connectivity index (χ3n) is 5.63. The van der Waals surface area contributed by atoms with Gasteiger partial charge in [-0.15, -0.1) is 0 Å². The van der Waals surface area contributed by atoms with Gasteiger partial charge in [0.15, 0.2) is 0 Å². The molecule has 0 N–H and O–H groups in total. The van der Waals surface area contributed by atoms with Crippen LogP contribution in [0.15, 0.2) is 27.4 Å². The van der Waals surface area contributed by atoms with E-state index in [1.54, 1.807) is 0 Å². The molecule has 3 rings (SSSR count). The zero-order valence-corrected chi connectivity index (χ0v) is 13.7. The molecule has 1 heterocycles. The molecular weight excluding hydrogens is 260 g/mol. The molecule has 0 amide bonds. The summed E-state index contributed by atoms with van der Waals surface area (Å²) in [5, 5.41) is 0. The van der Waals surface area contributed by atoms with Gasteiger partial charge >= 0.3 is 0 Å². The highest BCUT2D eigenvalue weighted by atomic mass is 17.0. The standard InChI is InChI=1S/C19H28O2/c1-4-19(2,3)11-10-14-6-5-7-15(12-14)16-8-9-17-18(13-16)21-20-17/h8-9,13-15H,4-7,10-12H2,1-3H3/t14?,15-/m0/s1. The molecule has 1 unspecified atom stereocenters. The predicted octanol–water partition coefficient (Wildman–Crippen LogP) is 6.52. The van der Waals surface area contributed by atoms with Gasteiger partial charge in [0.05, 0.1) is 0 Å². The summed E-state index contributed by atoms with van der Waals surface area (Å²) in [5.74, 6) is 1.61. The fraction of sp³-hybridized carbons (Fsp3) is 0.684. The molecule has 2 nitrogen and oxygen atoms in total. The van der Waals surface area contributed by atoms with Gasteiger partial charge < -0.3 is 0 Å². The Morgan fingerprint density at radius 2 is 1.95 bits per heavy atom. The minimum absolute atomic E-state index is 0.508. The molecule has 1 aromatic heterocycles. The number of hydrogen-bond acceptors (Lipinski definition) is 2. The van der Waals surface area contributed by atoms with Crippen LogP contribution in [0.4, 0.5) is 0 Å². The molecule has 2 atom stereocenters. The molecule has 0 saturated heterocycles. The summed E-state index contributed by atoms with van der Waals surface area (Å²) in [5.41, 5.74) is 3.75. The molecule has 1 aliphatic carbocycles. The van der Waals surface area contributed by atoms with E-state index in [0.29, 0.717) is 11.3 Å². The minimum Gasteiger partial charge on any atom is -0.286 e. The van der Waals surface area contributed by atoms with Crippen molar-refractivity contribution in [3.05, 3.63) is 23.8 Å². The third kappa shape index (κ3) is 3.36. The van der Waals surface area contributed by atoms with Crippen molar-refractivity contribution < 1.29 is 9.15 Å². The Labute approximate surface area is 127 Å². The molecule has 21 heavy (non-hydrogen) atoms. The van der Waals surface area contributed by atoms with Crippen LogP contribution in [0.2, 0.25) is 0 Å². The Bertz CT molecular complexity index is 575. The van der Waals surface area contributed by atoms with Crippen molar-refractivity contribution in [3.63, 3.8) is 0 Å². The largest absolute Gasteiger partial charge is 0.286 e. The average molecular weight is 288 g/mol. The second-order valence-corrected chi connectivity index (χ2v) is 7.66. The molecule has 0 aliphatic heterocycles. The first-order valence-electron chi connectivity index (χ1n) is 8.56. The minimum atomic E-state index is 0.508. The Balaban J connectivity index is 1.61. The van der Waals surface area contributed by atoms with Gasteiger partial charge in [0.1, 0.15) is 0 Å². The van der Waals surface area contributed by atoms with Crippen molar-refractivity contribution in [2.75, 3.05) is 0 Å². The fourth-order valence-electron chi connectivity index (χ4n) is 3.60. The molecule has 1 saturated carbocycles. The number of fused-ring (bicyclic) bond motifs is 1. The topological polar surface area (TPSA) is 26.3 Å². The molecule has 2 aromatic rings. The van der Waals surface area contributed by atoms with Gasteiger partial charge in [0.25, 0.3) is 0 Å². The number of benzene rings is 1. The molecule has 0 spiro atoms. The molecular formula is C19H28O2. The Kier molecular flexibility index (Phi) is 4.14. The fourth-order valence-corrected chi connectivity index (χ4v) is 3.60. The summed E-state index contributed by atoms with van der Waals surface area (Å²) >= 11 is 0. The van der Waals surface area contributed by atoms with Crippen molar-refractivity contribution in [1.82, 2.24) is 0 Å². The Morgan fingerprint density at radius 3 is 2.62 bits per heavy atom. The molecule has 0 bridgehead atoms. The number of hydrogen-bond donors (Lipinski definition) is 0. The Morgan fingerprint density at radius 1 is 1.14 bits per heavy atom. The summed E-state index contributed by atoms with van der Waals surface area (Å²) in [6.07, 6.45) is 9.50. The predicted molar refractivity (Wildman–Crippen MR) is 86.5 cm³/mol. The van der Waals surface area contributed by atoms with E-state index in [4.69, 9.17) is 9.15 Å². The van der Waals surface area contributed by atoms with Crippen molar-refractivity contribution >= 4 is 11.2 Å². The van der Waals surface area contributed by atoms with Crippen LogP contribution in [0.1, 0.15) is 77.2 Å². The van der Waals surface area contributed by atoms with Gasteiger partial charge in [-0.2, -0.15) is 0 Å². The van der Waals surface area contributed by atoms with E-state index in [-0.39, 0.29) is 0 Å². The second kappa shape index (κ2) is 5.90. The van der Waals surface area contributed by atoms with E-state index in [9.17, 15) is 0 Å². The first kappa shape index (κ1) is 14.7. The van der Waals surface area contributed by atoms with Crippen LogP contribution in [0.5, 0.6) is 0 Å². The summed E-state index contributed by atoms with van der Waals surface area (Å²) in [6, 6.07) is 6.46. The SMILES string of the molecule is CCC(C)(C)CCC1CCC[C@H](c2ccc3ooc3c2)C1. The third-order valence-corrected chi connectivity index (χ3v) is 5.63. The lowest BCUT2D eigenvalue weighted by Gasteiger charge is -2.32. The second-order valence-electron chi connectivity index (χ2n) is 7.66. The summed E-state index contributed by atoms with van der Waals surface area (Å²) in [4.78, 5) is 0. The summed E-state index contributed by atoms with van der Waals surface area (Å²) < 4.78 is 9.97. The van der Waals surface area contributed by atoms with Crippen molar-refractivity contribution in [3.8, 4) is 0 Å². The molecule has 1 aromatic carbocycles. The van der Waals surface area contributed by atoms with Crippen LogP contribution in [0.3, 0.4) is 0 Å². The van der Waals surface area contributed by atoms with Crippen LogP contribution in [0.25, 0.3) is 11.2 Å². The van der Waals surface area contributed by atoms with E-state index < -0.39 is 0 Å². The lowest BCUT2D eigenvalue weighted by Crippen LogP contribution is -2.18. The molecule has 116 valence electrons. The first-order valence-corrected chi connectivity index (χ1v) is 8.56. The normalized spacial score (nSPS) is 23.8. The van der Waals surface area contributed by atoms with Gasteiger partial charge in [-0.25, -0.2) is 0 Å². The van der Waals surface area contributed by atoms with Crippen LogP contribution in [0, 0.1) is 11.3 Å². The van der Waals surface area contributed by atoms with Crippen LogP contribution in [-0.4, -0.2) is 0 Å². The maximum atomic E-state index is 5.04. The Hall–Kier alpha value is -1.18. The highest BCUT2D eigenvalue weighted by Crippen LogP contribution is 2.41. The smallest absolute Gasteiger partial charge is 0.225 e. The molecule has 0 radical (unpaired) electrons.